The van der Waals surface area contributed by atoms with Gasteiger partial charge in [0.05, 0.1) is 5.52 Å². The van der Waals surface area contributed by atoms with Crippen molar-refractivity contribution in [2.75, 3.05) is 11.9 Å². The van der Waals surface area contributed by atoms with Gasteiger partial charge >= 0.3 is 0 Å². The van der Waals surface area contributed by atoms with Gasteiger partial charge in [-0.2, -0.15) is 0 Å². The third-order valence-corrected chi connectivity index (χ3v) is 4.66. The molecule has 26 heavy (non-hydrogen) atoms. The van der Waals surface area contributed by atoms with E-state index >= 15 is 0 Å². The van der Waals surface area contributed by atoms with Crippen LogP contribution in [0.1, 0.15) is 31.2 Å². The zero-order chi connectivity index (χ0) is 18.3. The summed E-state index contributed by atoms with van der Waals surface area (Å²) in [5.74, 6) is 1.95. The van der Waals surface area contributed by atoms with E-state index in [2.05, 4.69) is 45.5 Å². The Morgan fingerprint density at radius 2 is 1.85 bits per heavy atom. The van der Waals surface area contributed by atoms with Crippen molar-refractivity contribution in [1.82, 2.24) is 19.6 Å². The number of hydrogen-bond donors (Lipinski definition) is 0. The molecule has 0 spiro atoms. The van der Waals surface area contributed by atoms with Crippen molar-refractivity contribution in [3.8, 4) is 0 Å². The van der Waals surface area contributed by atoms with Crippen molar-refractivity contribution in [1.29, 1.82) is 0 Å². The molecule has 2 heterocycles. The van der Waals surface area contributed by atoms with Gasteiger partial charge in [0.2, 0.25) is 5.95 Å². The summed E-state index contributed by atoms with van der Waals surface area (Å²) in [6.07, 6.45) is 0. The van der Waals surface area contributed by atoms with E-state index in [0.29, 0.717) is 5.02 Å². The molecule has 6 heteroatoms. The highest BCUT2D eigenvalue weighted by atomic mass is 35.5. The SMILES string of the molecule is CC(C)c1nnc2c3ccc(Cl)cc3nc(N(C)Cc3ccccc3)n12. The number of hydrogen-bond acceptors (Lipinski definition) is 4. The second kappa shape index (κ2) is 6.57. The molecule has 0 aliphatic heterocycles. The van der Waals surface area contributed by atoms with Crippen LogP contribution in [0.2, 0.25) is 5.02 Å². The lowest BCUT2D eigenvalue weighted by atomic mass is 10.2. The van der Waals surface area contributed by atoms with Gasteiger partial charge in [0.1, 0.15) is 5.82 Å². The Labute approximate surface area is 157 Å². The summed E-state index contributed by atoms with van der Waals surface area (Å²) in [5, 5.41) is 10.5. The summed E-state index contributed by atoms with van der Waals surface area (Å²) < 4.78 is 2.06. The minimum atomic E-state index is 0.237. The van der Waals surface area contributed by atoms with Crippen molar-refractivity contribution >= 4 is 34.1 Å². The topological polar surface area (TPSA) is 46.3 Å². The first-order valence-electron chi connectivity index (χ1n) is 8.64. The Kier molecular flexibility index (Phi) is 4.24. The Morgan fingerprint density at radius 3 is 2.58 bits per heavy atom. The van der Waals surface area contributed by atoms with E-state index in [-0.39, 0.29) is 5.92 Å². The van der Waals surface area contributed by atoms with Crippen LogP contribution in [0.15, 0.2) is 48.5 Å². The Morgan fingerprint density at radius 1 is 1.08 bits per heavy atom. The van der Waals surface area contributed by atoms with Gasteiger partial charge in [-0.1, -0.05) is 55.8 Å². The molecule has 4 aromatic rings. The lowest BCUT2D eigenvalue weighted by molar-refractivity contribution is 0.742. The van der Waals surface area contributed by atoms with Gasteiger partial charge in [-0.15, -0.1) is 10.2 Å². The minimum Gasteiger partial charge on any atom is -0.341 e. The molecular weight excluding hydrogens is 346 g/mol. The summed E-state index contributed by atoms with van der Waals surface area (Å²) in [5.41, 5.74) is 2.85. The third-order valence-electron chi connectivity index (χ3n) is 4.43. The molecule has 0 fully saturated rings. The highest BCUT2D eigenvalue weighted by Gasteiger charge is 2.19. The monoisotopic (exact) mass is 365 g/mol. The molecule has 0 aliphatic carbocycles. The van der Waals surface area contributed by atoms with E-state index in [1.54, 1.807) is 0 Å². The lowest BCUT2D eigenvalue weighted by Gasteiger charge is -2.21. The fraction of sp³-hybridized carbons (Fsp3) is 0.250. The molecule has 0 amide bonds. The molecule has 0 saturated heterocycles. The quantitative estimate of drug-likeness (QED) is 0.526. The summed E-state index contributed by atoms with van der Waals surface area (Å²) in [6.45, 7) is 4.97. The van der Waals surface area contributed by atoms with E-state index < -0.39 is 0 Å². The zero-order valence-electron chi connectivity index (χ0n) is 15.0. The van der Waals surface area contributed by atoms with Gasteiger partial charge in [0.25, 0.3) is 0 Å². The van der Waals surface area contributed by atoms with Crippen molar-refractivity contribution in [2.45, 2.75) is 26.3 Å². The highest BCUT2D eigenvalue weighted by molar-refractivity contribution is 6.31. The minimum absolute atomic E-state index is 0.237. The van der Waals surface area contributed by atoms with E-state index in [9.17, 15) is 0 Å². The second-order valence-electron chi connectivity index (χ2n) is 6.79. The normalized spacial score (nSPS) is 11.6. The summed E-state index contributed by atoms with van der Waals surface area (Å²) in [6, 6.07) is 16.0. The standard InChI is InChI=1S/C20H20ClN5/c1-13(2)18-23-24-19-16-10-9-15(21)11-17(16)22-20(26(18)19)25(3)12-14-7-5-4-6-8-14/h4-11,13H,12H2,1-3H3. The van der Waals surface area contributed by atoms with Gasteiger partial charge in [-0.3, -0.25) is 0 Å². The smallest absolute Gasteiger partial charge is 0.213 e. The van der Waals surface area contributed by atoms with Gasteiger partial charge in [-0.05, 0) is 23.8 Å². The number of aromatic nitrogens is 4. The maximum atomic E-state index is 6.19. The van der Waals surface area contributed by atoms with Crippen molar-refractivity contribution in [3.05, 3.63) is 64.9 Å². The van der Waals surface area contributed by atoms with Crippen LogP contribution in [0.4, 0.5) is 5.95 Å². The number of rotatable bonds is 4. The van der Waals surface area contributed by atoms with Crippen LogP contribution in [0.5, 0.6) is 0 Å². The van der Waals surface area contributed by atoms with Crippen LogP contribution in [-0.2, 0) is 6.54 Å². The maximum absolute atomic E-state index is 6.19. The fourth-order valence-electron chi connectivity index (χ4n) is 3.17. The number of fused-ring (bicyclic) bond motifs is 3. The molecule has 5 nitrogen and oxygen atoms in total. The van der Waals surface area contributed by atoms with Crippen molar-refractivity contribution in [2.24, 2.45) is 0 Å². The van der Waals surface area contributed by atoms with Gasteiger partial charge in [0.15, 0.2) is 5.65 Å². The summed E-state index contributed by atoms with van der Waals surface area (Å²) in [4.78, 5) is 7.02. The van der Waals surface area contributed by atoms with E-state index in [1.165, 1.54) is 5.56 Å². The number of halogens is 1. The summed E-state index contributed by atoms with van der Waals surface area (Å²) >= 11 is 6.19. The van der Waals surface area contributed by atoms with Crippen molar-refractivity contribution in [3.63, 3.8) is 0 Å². The van der Waals surface area contributed by atoms with Crippen LogP contribution < -0.4 is 4.90 Å². The van der Waals surface area contributed by atoms with Crippen LogP contribution in [0, 0.1) is 0 Å². The number of benzene rings is 2. The van der Waals surface area contributed by atoms with E-state index in [0.717, 1.165) is 34.9 Å². The summed E-state index contributed by atoms with van der Waals surface area (Å²) in [7, 11) is 2.04. The van der Waals surface area contributed by atoms with Crippen LogP contribution >= 0.6 is 11.6 Å². The predicted molar refractivity (Wildman–Crippen MR) is 106 cm³/mol. The predicted octanol–water partition coefficient (Wildman–Crippen LogP) is 4.69. The number of nitrogens with zero attached hydrogens (tertiary/aromatic N) is 5. The first-order valence-corrected chi connectivity index (χ1v) is 9.01. The Bertz CT molecular complexity index is 1070. The Balaban J connectivity index is 1.94. The van der Waals surface area contributed by atoms with Gasteiger partial charge in [0, 0.05) is 29.9 Å². The van der Waals surface area contributed by atoms with Crippen molar-refractivity contribution < 1.29 is 0 Å². The molecule has 0 atom stereocenters. The first-order chi connectivity index (χ1) is 12.5. The molecule has 0 radical (unpaired) electrons. The average Bonchev–Trinajstić information content (AvgIpc) is 3.07. The van der Waals surface area contributed by atoms with Gasteiger partial charge in [-0.25, -0.2) is 9.38 Å². The molecule has 132 valence electrons. The Hall–Kier alpha value is -2.66. The molecule has 0 N–H and O–H groups in total. The number of anilines is 1. The fourth-order valence-corrected chi connectivity index (χ4v) is 3.34. The highest BCUT2D eigenvalue weighted by Crippen LogP contribution is 2.28. The lowest BCUT2D eigenvalue weighted by Crippen LogP contribution is -2.21. The maximum Gasteiger partial charge on any atom is 0.213 e. The third kappa shape index (κ3) is 2.88. The first kappa shape index (κ1) is 16.8. The molecule has 4 rings (SSSR count). The van der Waals surface area contributed by atoms with E-state index in [1.807, 2.05) is 43.4 Å². The molecule has 0 unspecified atom stereocenters. The molecule has 2 aromatic carbocycles. The molecule has 0 aliphatic rings. The van der Waals surface area contributed by atoms with Gasteiger partial charge < -0.3 is 4.90 Å². The average molecular weight is 366 g/mol. The largest absolute Gasteiger partial charge is 0.341 e. The molecule has 2 aromatic heterocycles. The molecule has 0 bridgehead atoms. The zero-order valence-corrected chi connectivity index (χ0v) is 15.8. The van der Waals surface area contributed by atoms with Crippen LogP contribution in [-0.4, -0.2) is 26.6 Å². The van der Waals surface area contributed by atoms with Crippen LogP contribution in [0.25, 0.3) is 16.6 Å². The molecule has 0 saturated carbocycles. The second-order valence-corrected chi connectivity index (χ2v) is 7.22. The van der Waals surface area contributed by atoms with E-state index in [4.69, 9.17) is 16.6 Å². The molecular formula is C20H20ClN5. The van der Waals surface area contributed by atoms with Crippen LogP contribution in [0.3, 0.4) is 0 Å².